The monoisotopic (exact) mass is 471 g/mol. The molecule has 3 aromatic rings. The smallest absolute Gasteiger partial charge is 0.300 e. The van der Waals surface area contributed by atoms with Crippen LogP contribution >= 0.6 is 23.2 Å². The molecule has 1 aliphatic heterocycles. The maximum atomic E-state index is 13.1. The fourth-order valence-corrected chi connectivity index (χ4v) is 4.36. The fourth-order valence-electron chi connectivity index (χ4n) is 3.72. The molecule has 1 aliphatic rings. The summed E-state index contributed by atoms with van der Waals surface area (Å²) in [5.74, 6) is -0.850. The van der Waals surface area contributed by atoms with E-state index in [2.05, 4.69) is 0 Å². The van der Waals surface area contributed by atoms with Crippen molar-refractivity contribution in [2.45, 2.75) is 19.9 Å². The van der Waals surface area contributed by atoms with E-state index in [1.165, 1.54) is 24.1 Å². The second-order valence-electron chi connectivity index (χ2n) is 7.43. The number of aliphatic hydroxyl groups is 1. The van der Waals surface area contributed by atoms with Crippen molar-refractivity contribution in [3.8, 4) is 5.75 Å². The number of ether oxygens (including phenoxy) is 1. The van der Waals surface area contributed by atoms with Crippen LogP contribution < -0.4 is 9.64 Å². The standard InChI is InChI=1S/C24H19Cl2NO5/c1-12-4-7-15(8-5-12)27-20(18-9-6-13(2)32-18)19(22(29)24(27)30)21(28)14-10-16(25)23(31-3)17(26)11-14/h4-11,20,28H,1-3H3/b21-19-. The summed E-state index contributed by atoms with van der Waals surface area (Å²) in [5, 5.41) is 11.5. The topological polar surface area (TPSA) is 80.0 Å². The number of ketones is 1. The van der Waals surface area contributed by atoms with E-state index in [0.29, 0.717) is 17.2 Å². The molecule has 1 N–H and O–H groups in total. The summed E-state index contributed by atoms with van der Waals surface area (Å²) in [6.07, 6.45) is 0. The molecule has 1 atom stereocenters. The number of anilines is 1. The minimum atomic E-state index is -0.967. The van der Waals surface area contributed by atoms with Crippen molar-refractivity contribution in [3.63, 3.8) is 0 Å². The SMILES string of the molecule is COc1c(Cl)cc(/C(O)=C2/C(=O)C(=O)N(c3ccc(C)cc3)C2c2ccc(C)o2)cc1Cl. The van der Waals surface area contributed by atoms with Gasteiger partial charge in [0.1, 0.15) is 23.3 Å². The molecular weight excluding hydrogens is 453 g/mol. The number of benzene rings is 2. The number of hydrogen-bond acceptors (Lipinski definition) is 5. The summed E-state index contributed by atoms with van der Waals surface area (Å²) < 4.78 is 10.9. The molecule has 0 spiro atoms. The lowest BCUT2D eigenvalue weighted by molar-refractivity contribution is -0.132. The van der Waals surface area contributed by atoms with Gasteiger partial charge in [0.25, 0.3) is 11.7 Å². The Kier molecular flexibility index (Phi) is 5.75. The highest BCUT2D eigenvalue weighted by molar-refractivity contribution is 6.51. The molecular formula is C24H19Cl2NO5. The molecule has 1 amide bonds. The van der Waals surface area contributed by atoms with Crippen LogP contribution in [0.1, 0.15) is 28.7 Å². The first-order valence-corrected chi connectivity index (χ1v) is 10.5. The zero-order chi connectivity index (χ0) is 23.2. The molecule has 1 fully saturated rings. The average Bonchev–Trinajstić information content (AvgIpc) is 3.29. The van der Waals surface area contributed by atoms with Gasteiger partial charge in [0, 0.05) is 11.3 Å². The lowest BCUT2D eigenvalue weighted by Crippen LogP contribution is -2.29. The molecule has 2 aromatic carbocycles. The van der Waals surface area contributed by atoms with Gasteiger partial charge in [0.15, 0.2) is 5.75 Å². The predicted octanol–water partition coefficient (Wildman–Crippen LogP) is 5.84. The van der Waals surface area contributed by atoms with Crippen LogP contribution in [-0.4, -0.2) is 23.9 Å². The Morgan fingerprint density at radius 3 is 2.19 bits per heavy atom. The van der Waals surface area contributed by atoms with E-state index in [1.54, 1.807) is 31.2 Å². The van der Waals surface area contributed by atoms with Crippen molar-refractivity contribution in [1.29, 1.82) is 0 Å². The maximum Gasteiger partial charge on any atom is 0.300 e. The minimum absolute atomic E-state index is 0.123. The fraction of sp³-hybridized carbons (Fsp3) is 0.167. The third kappa shape index (κ3) is 3.66. The van der Waals surface area contributed by atoms with Crippen molar-refractivity contribution in [3.05, 3.63) is 86.8 Å². The number of amides is 1. The Morgan fingerprint density at radius 2 is 1.66 bits per heavy atom. The number of Topliss-reactive ketones (excluding diaryl/α,β-unsaturated/α-hetero) is 1. The molecule has 32 heavy (non-hydrogen) atoms. The first-order chi connectivity index (χ1) is 15.2. The number of aliphatic hydroxyl groups excluding tert-OH is 1. The van der Waals surface area contributed by atoms with Gasteiger partial charge in [-0.1, -0.05) is 40.9 Å². The van der Waals surface area contributed by atoms with E-state index in [9.17, 15) is 14.7 Å². The zero-order valence-corrected chi connectivity index (χ0v) is 19.0. The molecule has 0 bridgehead atoms. The number of rotatable bonds is 4. The van der Waals surface area contributed by atoms with Gasteiger partial charge in [0.2, 0.25) is 0 Å². The Morgan fingerprint density at radius 1 is 1.03 bits per heavy atom. The second kappa shape index (κ2) is 8.37. The molecule has 0 aliphatic carbocycles. The van der Waals surface area contributed by atoms with Crippen molar-refractivity contribution in [1.82, 2.24) is 0 Å². The van der Waals surface area contributed by atoms with Gasteiger partial charge >= 0.3 is 0 Å². The number of carbonyl (C=O) groups excluding carboxylic acids is 2. The highest BCUT2D eigenvalue weighted by atomic mass is 35.5. The Hall–Kier alpha value is -3.22. The molecule has 0 saturated carbocycles. The summed E-state index contributed by atoms with van der Waals surface area (Å²) in [7, 11) is 1.42. The number of carbonyl (C=O) groups is 2. The van der Waals surface area contributed by atoms with Gasteiger partial charge in [0.05, 0.1) is 22.7 Å². The van der Waals surface area contributed by atoms with E-state index in [0.717, 1.165) is 5.56 Å². The zero-order valence-electron chi connectivity index (χ0n) is 17.5. The Bertz CT molecular complexity index is 1240. The number of furan rings is 1. The summed E-state index contributed by atoms with van der Waals surface area (Å²) in [5.41, 5.74) is 1.55. The van der Waals surface area contributed by atoms with Gasteiger partial charge in [-0.3, -0.25) is 14.5 Å². The van der Waals surface area contributed by atoms with Gasteiger partial charge in [-0.15, -0.1) is 0 Å². The highest BCUT2D eigenvalue weighted by Gasteiger charge is 2.48. The molecule has 1 saturated heterocycles. The summed E-state index contributed by atoms with van der Waals surface area (Å²) >= 11 is 12.4. The van der Waals surface area contributed by atoms with Crippen LogP contribution in [0.25, 0.3) is 5.76 Å². The predicted molar refractivity (Wildman–Crippen MR) is 122 cm³/mol. The second-order valence-corrected chi connectivity index (χ2v) is 8.24. The first kappa shape index (κ1) is 22.0. The van der Waals surface area contributed by atoms with Gasteiger partial charge in [-0.25, -0.2) is 0 Å². The first-order valence-electron chi connectivity index (χ1n) is 9.70. The average molecular weight is 472 g/mol. The minimum Gasteiger partial charge on any atom is -0.507 e. The van der Waals surface area contributed by atoms with Crippen LogP contribution in [0.4, 0.5) is 5.69 Å². The van der Waals surface area contributed by atoms with E-state index >= 15 is 0 Å². The molecule has 6 nitrogen and oxygen atoms in total. The van der Waals surface area contributed by atoms with Crippen molar-refractivity contribution < 1.29 is 23.8 Å². The van der Waals surface area contributed by atoms with Crippen LogP contribution in [0.5, 0.6) is 5.75 Å². The van der Waals surface area contributed by atoms with Gasteiger partial charge < -0.3 is 14.3 Å². The number of nitrogens with zero attached hydrogens (tertiary/aromatic N) is 1. The molecule has 1 unspecified atom stereocenters. The van der Waals surface area contributed by atoms with Crippen LogP contribution in [-0.2, 0) is 9.59 Å². The van der Waals surface area contributed by atoms with E-state index < -0.39 is 23.5 Å². The van der Waals surface area contributed by atoms with Gasteiger partial charge in [-0.05, 0) is 50.2 Å². The summed E-state index contributed by atoms with van der Waals surface area (Å²) in [6.45, 7) is 3.67. The van der Waals surface area contributed by atoms with Crippen molar-refractivity contribution in [2.24, 2.45) is 0 Å². The van der Waals surface area contributed by atoms with Crippen molar-refractivity contribution >= 4 is 46.3 Å². The number of methoxy groups -OCH3 is 1. The van der Waals surface area contributed by atoms with Crippen molar-refractivity contribution in [2.75, 3.05) is 12.0 Å². The molecule has 2 heterocycles. The number of hydrogen-bond donors (Lipinski definition) is 1. The molecule has 164 valence electrons. The Labute approximate surface area is 194 Å². The summed E-state index contributed by atoms with van der Waals surface area (Å²) in [6, 6.07) is 12.4. The normalized spacial score (nSPS) is 17.8. The Balaban J connectivity index is 1.94. The molecule has 4 rings (SSSR count). The number of halogens is 2. The van der Waals surface area contributed by atoms with E-state index in [-0.39, 0.29) is 26.9 Å². The third-order valence-corrected chi connectivity index (χ3v) is 5.82. The van der Waals surface area contributed by atoms with Crippen LogP contribution in [0, 0.1) is 13.8 Å². The molecule has 1 aromatic heterocycles. The van der Waals surface area contributed by atoms with E-state index in [4.69, 9.17) is 32.4 Å². The lowest BCUT2D eigenvalue weighted by Gasteiger charge is -2.23. The van der Waals surface area contributed by atoms with E-state index in [1.807, 2.05) is 19.1 Å². The third-order valence-electron chi connectivity index (χ3n) is 5.26. The quantitative estimate of drug-likeness (QED) is 0.293. The van der Waals surface area contributed by atoms with Gasteiger partial charge in [-0.2, -0.15) is 0 Å². The lowest BCUT2D eigenvalue weighted by atomic mass is 9.99. The molecule has 0 radical (unpaired) electrons. The highest BCUT2D eigenvalue weighted by Crippen LogP contribution is 2.44. The largest absolute Gasteiger partial charge is 0.507 e. The van der Waals surface area contributed by atoms with Crippen LogP contribution in [0.2, 0.25) is 10.0 Å². The van der Waals surface area contributed by atoms with Crippen LogP contribution in [0.3, 0.4) is 0 Å². The maximum absolute atomic E-state index is 13.1. The number of aryl methyl sites for hydroxylation is 2. The summed E-state index contributed by atoms with van der Waals surface area (Å²) in [4.78, 5) is 27.5. The van der Waals surface area contributed by atoms with Crippen LogP contribution in [0.15, 0.2) is 58.5 Å². The molecule has 8 heteroatoms.